The van der Waals surface area contributed by atoms with E-state index in [9.17, 15) is 0 Å². The molecule has 0 saturated heterocycles. The predicted octanol–water partition coefficient (Wildman–Crippen LogP) is -1.03. The van der Waals surface area contributed by atoms with Crippen molar-refractivity contribution in [3.05, 3.63) is 0 Å². The van der Waals surface area contributed by atoms with Gasteiger partial charge >= 0.3 is 56.7 Å². The molecule has 4 N–H and O–H groups in total. The van der Waals surface area contributed by atoms with Gasteiger partial charge in [-0.1, -0.05) is 0 Å². The van der Waals surface area contributed by atoms with E-state index < -0.39 is 0 Å². The van der Waals surface area contributed by atoms with Crippen molar-refractivity contribution in [2.24, 2.45) is 16.5 Å². The third-order valence-corrected chi connectivity index (χ3v) is 1.27. The van der Waals surface area contributed by atoms with Crippen LogP contribution in [0.25, 0.3) is 0 Å². The van der Waals surface area contributed by atoms with Crippen LogP contribution >= 0.6 is 0 Å². The maximum absolute atomic E-state index is 5.06. The fourth-order valence-electron chi connectivity index (χ4n) is 0.279. The van der Waals surface area contributed by atoms with Crippen LogP contribution < -0.4 is 11.5 Å². The molecule has 0 aromatic rings. The Morgan fingerprint density at radius 3 is 2.50 bits per heavy atom. The molecule has 0 bridgehead atoms. The van der Waals surface area contributed by atoms with Crippen LogP contribution in [0.4, 0.5) is 0 Å². The molecule has 8 heavy (non-hydrogen) atoms. The molecule has 0 unspecified atom stereocenters. The Labute approximate surface area is 57.3 Å². The molecule has 0 heterocycles. The third kappa shape index (κ3) is 5.79. The van der Waals surface area contributed by atoms with Crippen molar-refractivity contribution in [1.82, 2.24) is 0 Å². The Bertz CT molecular complexity index is 77.4. The van der Waals surface area contributed by atoms with Gasteiger partial charge in [-0.05, 0) is 0 Å². The maximum atomic E-state index is 5.06. The molecule has 0 aromatic carbocycles. The van der Waals surface area contributed by atoms with E-state index in [2.05, 4.69) is 21.0 Å². The Morgan fingerprint density at radius 1 is 1.50 bits per heavy atom. The van der Waals surface area contributed by atoms with Gasteiger partial charge in [-0.15, -0.1) is 0 Å². The summed E-state index contributed by atoms with van der Waals surface area (Å²) < 4.78 is 0. The molecule has 0 aliphatic carbocycles. The summed E-state index contributed by atoms with van der Waals surface area (Å²) in [4.78, 5) is 3.78. The molecule has 0 aromatic heterocycles. The van der Waals surface area contributed by atoms with E-state index in [0.717, 1.165) is 18.3 Å². The van der Waals surface area contributed by atoms with E-state index >= 15 is 0 Å². The summed E-state index contributed by atoms with van der Waals surface area (Å²) in [7, 11) is 0. The Balaban J connectivity index is 3.03. The second-order valence-corrected chi connectivity index (χ2v) is 2.32. The van der Waals surface area contributed by atoms with Gasteiger partial charge in [0.25, 0.3) is 0 Å². The summed E-state index contributed by atoms with van der Waals surface area (Å²) in [6.07, 6.45) is 1.04. The van der Waals surface area contributed by atoms with E-state index in [-0.39, 0.29) is 5.96 Å². The molecule has 0 radical (unpaired) electrons. The van der Waals surface area contributed by atoms with Gasteiger partial charge in [0.2, 0.25) is 0 Å². The van der Waals surface area contributed by atoms with E-state index in [1.165, 1.54) is 0 Å². The molecule has 0 saturated carbocycles. The number of rotatable bonds is 3. The van der Waals surface area contributed by atoms with Gasteiger partial charge in [-0.2, -0.15) is 0 Å². The molecular weight excluding hydrogens is 169 g/mol. The summed E-state index contributed by atoms with van der Waals surface area (Å²) in [5.41, 5.74) is 10.1. The molecule has 0 fully saturated rings. The van der Waals surface area contributed by atoms with Crippen LogP contribution in [0, 0.1) is 0 Å². The number of hydrogen-bond acceptors (Lipinski definition) is 1. The molecule has 3 nitrogen and oxygen atoms in total. The summed E-state index contributed by atoms with van der Waals surface area (Å²) in [6, 6.07) is 0. The molecule has 0 amide bonds. The first-order valence-corrected chi connectivity index (χ1v) is 3.76. The molecule has 0 rings (SSSR count). The fourth-order valence-corrected chi connectivity index (χ4v) is 0.576. The number of nitrogens with two attached hydrogens (primary N) is 2. The number of nitrogens with zero attached hydrogens (tertiary/aromatic N) is 1. The molecule has 0 aliphatic rings. The minimum absolute atomic E-state index is 0.186. The quantitative estimate of drug-likeness (QED) is 0.252. The summed E-state index contributed by atoms with van der Waals surface area (Å²) in [5, 5.41) is 1.07. The average Bonchev–Trinajstić information content (AvgIpc) is 1.66. The van der Waals surface area contributed by atoms with Crippen LogP contribution in [-0.4, -0.2) is 28.5 Å². The zero-order chi connectivity index (χ0) is 6.41. The third-order valence-electron chi connectivity index (χ3n) is 0.611. The second kappa shape index (κ2) is 4.94. The Morgan fingerprint density at radius 2 is 2.12 bits per heavy atom. The van der Waals surface area contributed by atoms with Crippen LogP contribution in [0.1, 0.15) is 6.42 Å². The van der Waals surface area contributed by atoms with Gasteiger partial charge in [0.15, 0.2) is 0 Å². The van der Waals surface area contributed by atoms with E-state index in [0.29, 0.717) is 0 Å². The molecular formula is C4H11N3Se. The van der Waals surface area contributed by atoms with E-state index in [1.807, 2.05) is 0 Å². The summed E-state index contributed by atoms with van der Waals surface area (Å²) in [6.45, 7) is 0.747. The van der Waals surface area contributed by atoms with Crippen LogP contribution in [-0.2, 0) is 0 Å². The number of hydrogen-bond donors (Lipinski definition) is 2. The Hall–Kier alpha value is -0.211. The van der Waals surface area contributed by atoms with Gasteiger partial charge in [0, 0.05) is 0 Å². The summed E-state index contributed by atoms with van der Waals surface area (Å²) >= 11 is 2.48. The van der Waals surface area contributed by atoms with E-state index in [1.54, 1.807) is 0 Å². The van der Waals surface area contributed by atoms with Crippen LogP contribution in [0.2, 0.25) is 5.32 Å². The standard InChI is InChI=1S/C4H11N3Se/c5-4(6)7-2-1-3-8/h8H,1-3H2,(H4,5,6,7). The van der Waals surface area contributed by atoms with Crippen LogP contribution in [0.5, 0.6) is 0 Å². The zero-order valence-corrected chi connectivity index (χ0v) is 6.55. The number of guanidine groups is 1. The summed E-state index contributed by atoms with van der Waals surface area (Å²) in [5.74, 6) is 0.186. The van der Waals surface area contributed by atoms with Crippen molar-refractivity contribution in [2.75, 3.05) is 6.54 Å². The first-order chi connectivity index (χ1) is 3.77. The number of aliphatic imine (C=N–C) groups is 1. The van der Waals surface area contributed by atoms with Gasteiger partial charge in [0.05, 0.1) is 0 Å². The molecule has 0 spiro atoms. The van der Waals surface area contributed by atoms with Crippen molar-refractivity contribution < 1.29 is 0 Å². The molecule has 0 atom stereocenters. The fraction of sp³-hybridized carbons (Fsp3) is 0.750. The minimum atomic E-state index is 0.186. The van der Waals surface area contributed by atoms with Gasteiger partial charge in [-0.3, -0.25) is 0 Å². The van der Waals surface area contributed by atoms with Crippen LogP contribution in [0.15, 0.2) is 4.99 Å². The van der Waals surface area contributed by atoms with E-state index in [4.69, 9.17) is 11.5 Å². The normalized spacial score (nSPS) is 8.62. The van der Waals surface area contributed by atoms with Gasteiger partial charge < -0.3 is 0 Å². The van der Waals surface area contributed by atoms with Crippen LogP contribution in [0.3, 0.4) is 0 Å². The van der Waals surface area contributed by atoms with Crippen molar-refractivity contribution in [3.63, 3.8) is 0 Å². The second-order valence-electron chi connectivity index (χ2n) is 1.38. The van der Waals surface area contributed by atoms with Gasteiger partial charge in [-0.25, -0.2) is 0 Å². The van der Waals surface area contributed by atoms with Gasteiger partial charge in [0.1, 0.15) is 0 Å². The predicted molar refractivity (Wildman–Crippen MR) is 37.2 cm³/mol. The first kappa shape index (κ1) is 7.79. The molecule has 48 valence electrons. The van der Waals surface area contributed by atoms with Crippen molar-refractivity contribution in [3.8, 4) is 0 Å². The molecule has 0 aliphatic heterocycles. The topological polar surface area (TPSA) is 64.4 Å². The first-order valence-electron chi connectivity index (χ1n) is 2.43. The average molecular weight is 180 g/mol. The molecule has 4 heteroatoms. The zero-order valence-electron chi connectivity index (χ0n) is 4.67. The SMILES string of the molecule is NC(N)=NCCC[SeH]. The Kier molecular flexibility index (Phi) is 4.81. The van der Waals surface area contributed by atoms with Crippen molar-refractivity contribution in [2.45, 2.75) is 11.7 Å². The van der Waals surface area contributed by atoms with Crippen molar-refractivity contribution in [1.29, 1.82) is 0 Å². The monoisotopic (exact) mass is 181 g/mol. The van der Waals surface area contributed by atoms with Crippen molar-refractivity contribution >= 4 is 22.0 Å².